The molecular formula is C12H11ClN2O4S2. The molecule has 0 amide bonds. The number of hydrogen-bond donors (Lipinski definition) is 2. The molecule has 0 radical (unpaired) electrons. The molecule has 112 valence electrons. The Balaban J connectivity index is 2.18. The van der Waals surface area contributed by atoms with Gasteiger partial charge in [-0.05, 0) is 19.1 Å². The molecule has 0 saturated carbocycles. The molecule has 0 aliphatic rings. The van der Waals surface area contributed by atoms with E-state index in [0.717, 1.165) is 11.3 Å². The Labute approximate surface area is 130 Å². The highest BCUT2D eigenvalue weighted by molar-refractivity contribution is 7.89. The van der Waals surface area contributed by atoms with Crippen molar-refractivity contribution in [1.82, 2.24) is 9.71 Å². The van der Waals surface area contributed by atoms with Gasteiger partial charge in [-0.2, -0.15) is 0 Å². The maximum absolute atomic E-state index is 12.1. The number of sulfonamides is 1. The van der Waals surface area contributed by atoms with Gasteiger partial charge in [0.1, 0.15) is 14.8 Å². The smallest absolute Gasteiger partial charge is 0.347 e. The van der Waals surface area contributed by atoms with Crippen LogP contribution in [-0.4, -0.2) is 24.5 Å². The summed E-state index contributed by atoms with van der Waals surface area (Å²) in [5.41, 5.74) is 0.361. The van der Waals surface area contributed by atoms with Crippen molar-refractivity contribution in [2.75, 3.05) is 0 Å². The maximum Gasteiger partial charge on any atom is 0.347 e. The van der Waals surface area contributed by atoms with Crippen LogP contribution in [0.4, 0.5) is 0 Å². The number of carbonyl (C=O) groups is 1. The lowest BCUT2D eigenvalue weighted by Gasteiger charge is -2.06. The zero-order chi connectivity index (χ0) is 15.6. The first-order valence-corrected chi connectivity index (χ1v) is 8.43. The van der Waals surface area contributed by atoms with Gasteiger partial charge in [0.15, 0.2) is 0 Å². The molecule has 1 heterocycles. The topological polar surface area (TPSA) is 96.4 Å². The number of aromatic nitrogens is 1. The van der Waals surface area contributed by atoms with E-state index in [1.54, 1.807) is 19.1 Å². The number of carboxylic acid groups (broad SMARTS) is 1. The van der Waals surface area contributed by atoms with Gasteiger partial charge in [0, 0.05) is 0 Å². The lowest BCUT2D eigenvalue weighted by atomic mass is 10.4. The van der Waals surface area contributed by atoms with Gasteiger partial charge in [0.2, 0.25) is 10.0 Å². The highest BCUT2D eigenvalue weighted by Crippen LogP contribution is 2.22. The molecule has 21 heavy (non-hydrogen) atoms. The molecule has 2 N–H and O–H groups in total. The van der Waals surface area contributed by atoms with E-state index < -0.39 is 16.0 Å². The number of nitrogens with zero attached hydrogens (tertiary/aromatic N) is 1. The second-order valence-electron chi connectivity index (χ2n) is 4.08. The van der Waals surface area contributed by atoms with Crippen molar-refractivity contribution >= 4 is 38.9 Å². The van der Waals surface area contributed by atoms with Crippen LogP contribution in [-0.2, 0) is 16.6 Å². The second-order valence-corrected chi connectivity index (χ2v) is 7.31. The van der Waals surface area contributed by atoms with Crippen LogP contribution in [0.25, 0.3) is 0 Å². The third kappa shape index (κ3) is 3.59. The summed E-state index contributed by atoms with van der Waals surface area (Å²) >= 11 is 6.79. The van der Waals surface area contributed by atoms with Crippen molar-refractivity contribution < 1.29 is 18.3 Å². The van der Waals surface area contributed by atoms with Gasteiger partial charge in [-0.1, -0.05) is 23.7 Å². The summed E-state index contributed by atoms with van der Waals surface area (Å²) in [6.07, 6.45) is 0. The maximum atomic E-state index is 12.1. The van der Waals surface area contributed by atoms with E-state index in [1.165, 1.54) is 12.1 Å². The van der Waals surface area contributed by atoms with Crippen molar-refractivity contribution in [1.29, 1.82) is 0 Å². The fraction of sp³-hybridized carbons (Fsp3) is 0.167. The summed E-state index contributed by atoms with van der Waals surface area (Å²) in [6, 6.07) is 6.06. The van der Waals surface area contributed by atoms with Crippen LogP contribution in [0.3, 0.4) is 0 Å². The molecule has 0 atom stereocenters. The third-order valence-corrected chi connectivity index (χ3v) is 5.62. The van der Waals surface area contributed by atoms with Crippen LogP contribution >= 0.6 is 22.9 Å². The Hall–Kier alpha value is -1.48. The molecule has 6 nitrogen and oxygen atoms in total. The second kappa shape index (κ2) is 6.10. The molecule has 1 aromatic carbocycles. The summed E-state index contributed by atoms with van der Waals surface area (Å²) in [7, 11) is -3.78. The van der Waals surface area contributed by atoms with Gasteiger partial charge in [-0.25, -0.2) is 22.9 Å². The lowest BCUT2D eigenvalue weighted by molar-refractivity contribution is 0.0701. The minimum atomic E-state index is -3.78. The average molecular weight is 347 g/mol. The minimum absolute atomic E-state index is 0.0293. The highest BCUT2D eigenvalue weighted by Gasteiger charge is 2.19. The van der Waals surface area contributed by atoms with E-state index in [1.807, 2.05) is 0 Å². The number of aryl methyl sites for hydroxylation is 1. The molecule has 0 bridgehead atoms. The SMILES string of the molecule is Cc1nc(CNS(=O)(=O)c2ccccc2Cl)sc1C(=O)O. The van der Waals surface area contributed by atoms with Gasteiger partial charge in [0.25, 0.3) is 0 Å². The van der Waals surface area contributed by atoms with Crippen molar-refractivity contribution in [3.63, 3.8) is 0 Å². The predicted octanol–water partition coefficient (Wildman–Crippen LogP) is 2.28. The van der Waals surface area contributed by atoms with Crippen molar-refractivity contribution in [2.24, 2.45) is 0 Å². The largest absolute Gasteiger partial charge is 0.477 e. The zero-order valence-electron chi connectivity index (χ0n) is 10.8. The van der Waals surface area contributed by atoms with Gasteiger partial charge in [0.05, 0.1) is 17.3 Å². The molecule has 0 spiro atoms. The summed E-state index contributed by atoms with van der Waals surface area (Å²) in [4.78, 5) is 15.0. The molecule has 1 aromatic heterocycles. The van der Waals surface area contributed by atoms with Crippen LogP contribution in [0.15, 0.2) is 29.2 Å². The minimum Gasteiger partial charge on any atom is -0.477 e. The number of rotatable bonds is 5. The molecule has 0 aliphatic heterocycles. The van der Waals surface area contributed by atoms with E-state index in [-0.39, 0.29) is 21.3 Å². The number of carboxylic acids is 1. The molecule has 0 fully saturated rings. The summed E-state index contributed by atoms with van der Waals surface area (Å²) in [5, 5.41) is 9.43. The third-order valence-electron chi connectivity index (χ3n) is 2.57. The number of benzene rings is 1. The van der Waals surface area contributed by atoms with Gasteiger partial charge < -0.3 is 5.11 Å². The Morgan fingerprint density at radius 2 is 2.10 bits per heavy atom. The lowest BCUT2D eigenvalue weighted by Crippen LogP contribution is -2.23. The molecule has 0 aliphatic carbocycles. The first-order valence-electron chi connectivity index (χ1n) is 5.75. The molecule has 0 unspecified atom stereocenters. The normalized spacial score (nSPS) is 11.5. The first kappa shape index (κ1) is 15.9. The first-order chi connectivity index (χ1) is 9.81. The molecule has 9 heteroatoms. The average Bonchev–Trinajstić information content (AvgIpc) is 2.78. The van der Waals surface area contributed by atoms with Crippen molar-refractivity contribution in [3.8, 4) is 0 Å². The summed E-state index contributed by atoms with van der Waals surface area (Å²) < 4.78 is 26.6. The highest BCUT2D eigenvalue weighted by atomic mass is 35.5. The number of aromatic carboxylic acids is 1. The van der Waals surface area contributed by atoms with Crippen LogP contribution in [0, 0.1) is 6.92 Å². The number of halogens is 1. The number of nitrogens with one attached hydrogen (secondary N) is 1. The standard InChI is InChI=1S/C12H11ClN2O4S2/c1-7-11(12(16)17)20-10(15-7)6-14-21(18,19)9-5-3-2-4-8(9)13/h2-5,14H,6H2,1H3,(H,16,17). The van der Waals surface area contributed by atoms with E-state index in [2.05, 4.69) is 9.71 Å². The quantitative estimate of drug-likeness (QED) is 0.865. The fourth-order valence-electron chi connectivity index (χ4n) is 1.62. The van der Waals surface area contributed by atoms with E-state index in [0.29, 0.717) is 10.7 Å². The summed E-state index contributed by atoms with van der Waals surface area (Å²) in [5.74, 6) is -1.08. The molecule has 0 saturated heterocycles. The molecule has 2 rings (SSSR count). The number of hydrogen-bond acceptors (Lipinski definition) is 5. The molecular weight excluding hydrogens is 336 g/mol. The van der Waals surface area contributed by atoms with Crippen molar-refractivity contribution in [3.05, 3.63) is 44.9 Å². The van der Waals surface area contributed by atoms with Gasteiger partial charge >= 0.3 is 5.97 Å². The van der Waals surface area contributed by atoms with Gasteiger partial charge in [-0.3, -0.25) is 0 Å². The summed E-state index contributed by atoms with van der Waals surface area (Å²) in [6.45, 7) is 1.47. The fourth-order valence-corrected chi connectivity index (χ4v) is 4.06. The molecule has 2 aromatic rings. The van der Waals surface area contributed by atoms with E-state index in [4.69, 9.17) is 16.7 Å². The Kier molecular flexibility index (Phi) is 4.62. The zero-order valence-corrected chi connectivity index (χ0v) is 13.2. The number of thiazole rings is 1. The Bertz CT molecular complexity index is 786. The van der Waals surface area contributed by atoms with Crippen LogP contribution in [0.2, 0.25) is 5.02 Å². The predicted molar refractivity (Wildman–Crippen MR) is 79.3 cm³/mol. The Morgan fingerprint density at radius 1 is 1.43 bits per heavy atom. The van der Waals surface area contributed by atoms with E-state index >= 15 is 0 Å². The van der Waals surface area contributed by atoms with E-state index in [9.17, 15) is 13.2 Å². The van der Waals surface area contributed by atoms with Crippen LogP contribution < -0.4 is 4.72 Å². The monoisotopic (exact) mass is 346 g/mol. The van der Waals surface area contributed by atoms with Crippen LogP contribution in [0.1, 0.15) is 20.4 Å². The van der Waals surface area contributed by atoms with Gasteiger partial charge in [-0.15, -0.1) is 11.3 Å². The van der Waals surface area contributed by atoms with Crippen molar-refractivity contribution in [2.45, 2.75) is 18.4 Å². The Morgan fingerprint density at radius 3 is 2.67 bits per heavy atom. The van der Waals surface area contributed by atoms with Crippen LogP contribution in [0.5, 0.6) is 0 Å².